The lowest BCUT2D eigenvalue weighted by Gasteiger charge is -2.33. The molecule has 7 heteroatoms. The van der Waals surface area contributed by atoms with E-state index in [1.807, 2.05) is 78.9 Å². The van der Waals surface area contributed by atoms with Crippen molar-refractivity contribution in [2.45, 2.75) is 24.5 Å². The molecule has 0 saturated carbocycles. The van der Waals surface area contributed by atoms with Crippen molar-refractivity contribution in [2.24, 2.45) is 4.99 Å². The summed E-state index contributed by atoms with van der Waals surface area (Å²) in [4.78, 5) is 20.4. The van der Waals surface area contributed by atoms with Crippen molar-refractivity contribution >= 4 is 27.7 Å². The summed E-state index contributed by atoms with van der Waals surface area (Å²) in [6.45, 7) is 0.525. The lowest BCUT2D eigenvalue weighted by molar-refractivity contribution is -0.137. The Morgan fingerprint density at radius 1 is 1.06 bits per heavy atom. The number of hydrogen-bond donors (Lipinski definition) is 1. The highest BCUT2D eigenvalue weighted by Gasteiger charge is 2.54. The van der Waals surface area contributed by atoms with E-state index in [1.54, 1.807) is 19.0 Å². The minimum absolute atomic E-state index is 0.0859. The molecule has 0 fully saturated rings. The van der Waals surface area contributed by atoms with Crippen LogP contribution in [0.2, 0.25) is 0 Å². The first-order valence-electron chi connectivity index (χ1n) is 11.6. The number of aliphatic hydroxyl groups is 1. The van der Waals surface area contributed by atoms with E-state index in [4.69, 9.17) is 19.6 Å². The summed E-state index contributed by atoms with van der Waals surface area (Å²) in [5.74, 6) is 0.989. The normalized spacial score (nSPS) is 19.1. The number of amides is 1. The number of likely N-dealkylation sites (N-methyl/N-ethyl adjacent to an activating group) is 1. The number of nitrogens with zero attached hydrogens (tertiary/aromatic N) is 2. The van der Waals surface area contributed by atoms with Gasteiger partial charge in [-0.05, 0) is 35.9 Å². The second-order valence-electron chi connectivity index (χ2n) is 8.67. The zero-order chi connectivity index (χ0) is 24.8. The number of ether oxygens (including phenoxy) is 2. The standard InChI is InChI=1S/C28H29BrN2O4/c1-31(2)27(33)28(19-20-9-4-3-5-10-20)25(23-11-6-7-12-24(23)29)35-26(30-28)21-13-15-22(16-14-21)34-18-8-17-32/h3-7,9-16,25,32H,8,17-19H2,1-2H3/t25-,28-/m1/s1. The number of aliphatic hydroxyl groups excluding tert-OH is 1. The largest absolute Gasteiger partial charge is 0.494 e. The van der Waals surface area contributed by atoms with Crippen molar-refractivity contribution in [3.05, 3.63) is 100 Å². The zero-order valence-electron chi connectivity index (χ0n) is 19.9. The molecule has 0 radical (unpaired) electrons. The molecule has 1 N–H and O–H groups in total. The maximum Gasteiger partial charge on any atom is 0.254 e. The van der Waals surface area contributed by atoms with Gasteiger partial charge in [0.05, 0.1) is 6.61 Å². The molecule has 3 aromatic rings. The first-order chi connectivity index (χ1) is 16.9. The van der Waals surface area contributed by atoms with Crippen LogP contribution in [-0.4, -0.2) is 54.7 Å². The van der Waals surface area contributed by atoms with Gasteiger partial charge in [-0.3, -0.25) is 4.79 Å². The average Bonchev–Trinajstić information content (AvgIpc) is 3.25. The molecule has 1 amide bonds. The van der Waals surface area contributed by atoms with E-state index >= 15 is 0 Å². The second-order valence-corrected chi connectivity index (χ2v) is 9.53. The predicted molar refractivity (Wildman–Crippen MR) is 140 cm³/mol. The maximum atomic E-state index is 13.8. The van der Waals surface area contributed by atoms with E-state index in [2.05, 4.69) is 15.9 Å². The van der Waals surface area contributed by atoms with Gasteiger partial charge in [0.15, 0.2) is 11.6 Å². The molecule has 35 heavy (non-hydrogen) atoms. The minimum Gasteiger partial charge on any atom is -0.494 e. The Morgan fingerprint density at radius 3 is 2.40 bits per heavy atom. The van der Waals surface area contributed by atoms with Gasteiger partial charge in [0.25, 0.3) is 5.91 Å². The first-order valence-corrected chi connectivity index (χ1v) is 12.3. The molecule has 6 nitrogen and oxygen atoms in total. The Morgan fingerprint density at radius 2 is 1.74 bits per heavy atom. The number of benzene rings is 3. The van der Waals surface area contributed by atoms with Crippen LogP contribution in [0.1, 0.15) is 29.2 Å². The van der Waals surface area contributed by atoms with Gasteiger partial charge in [0, 0.05) is 49.1 Å². The predicted octanol–water partition coefficient (Wildman–Crippen LogP) is 4.80. The van der Waals surface area contributed by atoms with Crippen molar-refractivity contribution in [3.63, 3.8) is 0 Å². The first kappa shape index (κ1) is 24.9. The number of carbonyl (C=O) groups excluding carboxylic acids is 1. The maximum absolute atomic E-state index is 13.8. The third kappa shape index (κ3) is 5.41. The smallest absolute Gasteiger partial charge is 0.254 e. The highest BCUT2D eigenvalue weighted by Crippen LogP contribution is 2.45. The lowest BCUT2D eigenvalue weighted by atomic mass is 9.81. The quantitative estimate of drug-likeness (QED) is 0.399. The fraction of sp³-hybridized carbons (Fsp3) is 0.286. The summed E-state index contributed by atoms with van der Waals surface area (Å²) in [5, 5.41) is 8.96. The van der Waals surface area contributed by atoms with E-state index in [0.717, 1.165) is 21.2 Å². The Hall–Kier alpha value is -3.16. The second kappa shape index (κ2) is 11.1. The molecule has 4 rings (SSSR count). The Labute approximate surface area is 214 Å². The van der Waals surface area contributed by atoms with Gasteiger partial charge in [-0.2, -0.15) is 0 Å². The minimum atomic E-state index is -1.18. The zero-order valence-corrected chi connectivity index (χ0v) is 21.4. The molecular formula is C28H29BrN2O4. The van der Waals surface area contributed by atoms with Gasteiger partial charge in [-0.25, -0.2) is 4.99 Å². The van der Waals surface area contributed by atoms with Crippen LogP contribution in [0.15, 0.2) is 88.3 Å². The van der Waals surface area contributed by atoms with Crippen molar-refractivity contribution < 1.29 is 19.4 Å². The molecule has 0 aliphatic carbocycles. The summed E-state index contributed by atoms with van der Waals surface area (Å²) in [6, 6.07) is 25.1. The molecule has 0 spiro atoms. The van der Waals surface area contributed by atoms with E-state index in [-0.39, 0.29) is 12.5 Å². The van der Waals surface area contributed by atoms with Crippen molar-refractivity contribution in [1.29, 1.82) is 0 Å². The molecule has 0 unspecified atom stereocenters. The van der Waals surface area contributed by atoms with Crippen LogP contribution in [-0.2, 0) is 16.0 Å². The Balaban J connectivity index is 1.78. The van der Waals surface area contributed by atoms with Crippen molar-refractivity contribution in [2.75, 3.05) is 27.3 Å². The van der Waals surface area contributed by atoms with Crippen molar-refractivity contribution in [1.82, 2.24) is 4.90 Å². The molecule has 182 valence electrons. The number of hydrogen-bond acceptors (Lipinski definition) is 5. The van der Waals surface area contributed by atoms with Gasteiger partial charge in [-0.1, -0.05) is 64.5 Å². The number of halogens is 1. The molecule has 0 saturated heterocycles. The lowest BCUT2D eigenvalue weighted by Crippen LogP contribution is -2.49. The van der Waals surface area contributed by atoms with Gasteiger partial charge in [-0.15, -0.1) is 0 Å². The van der Waals surface area contributed by atoms with Crippen molar-refractivity contribution in [3.8, 4) is 5.75 Å². The summed E-state index contributed by atoms with van der Waals surface area (Å²) in [6.07, 6.45) is 0.339. The molecular weight excluding hydrogens is 508 g/mol. The Kier molecular flexibility index (Phi) is 7.88. The molecule has 0 aromatic heterocycles. The van der Waals surface area contributed by atoms with E-state index in [1.165, 1.54) is 0 Å². The molecule has 1 heterocycles. The molecule has 3 aromatic carbocycles. The van der Waals surface area contributed by atoms with Crippen LogP contribution in [0.25, 0.3) is 0 Å². The van der Waals surface area contributed by atoms with Crippen LogP contribution in [0.3, 0.4) is 0 Å². The fourth-order valence-electron chi connectivity index (χ4n) is 4.23. The third-order valence-corrected chi connectivity index (χ3v) is 6.64. The molecule has 0 bridgehead atoms. The summed E-state index contributed by atoms with van der Waals surface area (Å²) >= 11 is 3.66. The SMILES string of the molecule is CN(C)C(=O)[C@]1(Cc2ccccc2)N=C(c2ccc(OCCCO)cc2)O[C@@H]1c1ccccc1Br. The number of rotatable bonds is 9. The van der Waals surface area contributed by atoms with Crippen LogP contribution >= 0.6 is 15.9 Å². The molecule has 2 atom stereocenters. The third-order valence-electron chi connectivity index (χ3n) is 5.92. The average molecular weight is 537 g/mol. The van der Waals surface area contributed by atoms with E-state index < -0.39 is 11.6 Å². The van der Waals surface area contributed by atoms with Crippen LogP contribution in [0, 0.1) is 0 Å². The molecule has 1 aliphatic rings. The van der Waals surface area contributed by atoms with E-state index in [9.17, 15) is 4.79 Å². The highest BCUT2D eigenvalue weighted by atomic mass is 79.9. The molecule has 1 aliphatic heterocycles. The van der Waals surface area contributed by atoms with Crippen LogP contribution in [0.4, 0.5) is 0 Å². The topological polar surface area (TPSA) is 71.4 Å². The Bertz CT molecular complexity index is 1180. The van der Waals surface area contributed by atoms with E-state index in [0.29, 0.717) is 31.1 Å². The van der Waals surface area contributed by atoms with Crippen LogP contribution in [0.5, 0.6) is 5.75 Å². The highest BCUT2D eigenvalue weighted by molar-refractivity contribution is 9.10. The monoisotopic (exact) mass is 536 g/mol. The van der Waals surface area contributed by atoms with Gasteiger partial charge in [0.2, 0.25) is 5.90 Å². The summed E-state index contributed by atoms with van der Waals surface area (Å²) in [7, 11) is 3.50. The van der Waals surface area contributed by atoms with Gasteiger partial charge >= 0.3 is 0 Å². The van der Waals surface area contributed by atoms with Gasteiger partial charge < -0.3 is 19.5 Å². The summed E-state index contributed by atoms with van der Waals surface area (Å²) < 4.78 is 13.0. The van der Waals surface area contributed by atoms with Crippen LogP contribution < -0.4 is 4.74 Å². The number of aliphatic imine (C=N–C) groups is 1. The van der Waals surface area contributed by atoms with Gasteiger partial charge in [0.1, 0.15) is 5.75 Å². The number of carbonyl (C=O) groups is 1. The summed E-state index contributed by atoms with van der Waals surface area (Å²) in [5.41, 5.74) is 1.45. The fourth-order valence-corrected chi connectivity index (χ4v) is 4.72.